The Morgan fingerprint density at radius 2 is 1.92 bits per heavy atom. The predicted octanol–water partition coefficient (Wildman–Crippen LogP) is 4.28. The highest BCUT2D eigenvalue weighted by molar-refractivity contribution is 5.99. The lowest BCUT2D eigenvalue weighted by atomic mass is 9.41. The standard InChI is InChI=1S/C25H26F3N5O3/c1-35-24-11-23(12-24,13-24)22-31-19-16(4-7-30-20(19)32-22)14-5-8-33(9-6-14)21(34)17-3-2-15(10-18(17)29)36-25(26,27)28/h2-4,7,10,14H,5-6,8-9,11-13,29H2,1H3,(H,30,31,32). The lowest BCUT2D eigenvalue weighted by Gasteiger charge is -2.68. The van der Waals surface area contributed by atoms with Crippen molar-refractivity contribution in [3.05, 3.63) is 47.4 Å². The molecule has 3 aliphatic carbocycles. The lowest BCUT2D eigenvalue weighted by molar-refractivity contribution is -0.274. The number of amides is 1. The molecule has 1 aliphatic heterocycles. The summed E-state index contributed by atoms with van der Waals surface area (Å²) in [7, 11) is 1.77. The number of pyridine rings is 1. The number of rotatable bonds is 5. The third-order valence-corrected chi connectivity index (χ3v) is 8.04. The van der Waals surface area contributed by atoms with Gasteiger partial charge in [0.1, 0.15) is 17.1 Å². The van der Waals surface area contributed by atoms with E-state index in [1.165, 1.54) is 6.07 Å². The Hall–Kier alpha value is -3.34. The predicted molar refractivity (Wildman–Crippen MR) is 125 cm³/mol. The second-order valence-electron chi connectivity index (χ2n) is 10.2. The summed E-state index contributed by atoms with van der Waals surface area (Å²) < 4.78 is 46.9. The fraction of sp³-hybridized carbons (Fsp3) is 0.480. The van der Waals surface area contributed by atoms with E-state index in [0.717, 1.165) is 66.8 Å². The number of piperidine rings is 1. The van der Waals surface area contributed by atoms with Gasteiger partial charge >= 0.3 is 6.36 Å². The second-order valence-corrected chi connectivity index (χ2v) is 10.2. The number of carbonyl (C=O) groups excluding carboxylic acids is 1. The van der Waals surface area contributed by atoms with E-state index in [1.54, 1.807) is 18.2 Å². The number of benzene rings is 1. The zero-order valence-corrected chi connectivity index (χ0v) is 19.7. The number of ether oxygens (including phenoxy) is 2. The summed E-state index contributed by atoms with van der Waals surface area (Å²) in [6.07, 6.45) is 1.40. The third-order valence-electron chi connectivity index (χ3n) is 8.04. The van der Waals surface area contributed by atoms with E-state index in [4.69, 9.17) is 15.5 Å². The van der Waals surface area contributed by atoms with E-state index in [0.29, 0.717) is 13.1 Å². The Morgan fingerprint density at radius 1 is 1.19 bits per heavy atom. The first-order chi connectivity index (χ1) is 17.1. The van der Waals surface area contributed by atoms with Crippen LogP contribution < -0.4 is 10.5 Å². The minimum atomic E-state index is -4.82. The number of imidazole rings is 1. The Morgan fingerprint density at radius 3 is 2.56 bits per heavy atom. The van der Waals surface area contributed by atoms with Crippen LogP contribution in [0.5, 0.6) is 5.75 Å². The zero-order chi connectivity index (χ0) is 25.3. The molecule has 3 saturated carbocycles. The van der Waals surface area contributed by atoms with Crippen molar-refractivity contribution in [3.8, 4) is 5.75 Å². The molecule has 3 aromatic rings. The van der Waals surface area contributed by atoms with Crippen LogP contribution in [-0.4, -0.2) is 57.9 Å². The van der Waals surface area contributed by atoms with Crippen LogP contribution in [0.25, 0.3) is 11.2 Å². The van der Waals surface area contributed by atoms with Crippen molar-refractivity contribution < 1.29 is 27.4 Å². The zero-order valence-electron chi connectivity index (χ0n) is 19.7. The molecule has 0 unspecified atom stereocenters. The molecule has 0 radical (unpaired) electrons. The summed E-state index contributed by atoms with van der Waals surface area (Å²) in [4.78, 5) is 27.6. The van der Waals surface area contributed by atoms with E-state index >= 15 is 0 Å². The SMILES string of the molecule is COC12CC(c3nc4c(C5CCN(C(=O)c6ccc(OC(F)(F)F)cc6N)CC5)ccnc4[nH]3)(C1)C2. The molecule has 190 valence electrons. The van der Waals surface area contributed by atoms with Crippen LogP contribution in [0.1, 0.15) is 59.8 Å². The molecule has 1 aromatic carbocycles. The largest absolute Gasteiger partial charge is 0.573 e. The molecule has 4 aliphatic rings. The monoisotopic (exact) mass is 501 g/mol. The molecular weight excluding hydrogens is 475 g/mol. The Kier molecular flexibility index (Phi) is 5.02. The minimum absolute atomic E-state index is 0.0314. The highest BCUT2D eigenvalue weighted by atomic mass is 19.4. The van der Waals surface area contributed by atoms with Crippen molar-refractivity contribution in [2.45, 2.75) is 55.4 Å². The number of anilines is 1. The summed E-state index contributed by atoms with van der Waals surface area (Å²) in [5, 5.41) is 0. The first-order valence-electron chi connectivity index (χ1n) is 12.0. The number of hydrogen-bond donors (Lipinski definition) is 2. The number of methoxy groups -OCH3 is 1. The van der Waals surface area contributed by atoms with Gasteiger partial charge in [0.15, 0.2) is 5.65 Å². The van der Waals surface area contributed by atoms with Gasteiger partial charge < -0.3 is 25.1 Å². The first-order valence-corrected chi connectivity index (χ1v) is 12.0. The number of alkyl halides is 3. The van der Waals surface area contributed by atoms with Gasteiger partial charge in [-0.1, -0.05) is 0 Å². The number of carbonyl (C=O) groups is 1. The number of nitrogens with one attached hydrogen (secondary N) is 1. The topological polar surface area (TPSA) is 106 Å². The van der Waals surface area contributed by atoms with Crippen molar-refractivity contribution in [3.63, 3.8) is 0 Å². The molecule has 11 heteroatoms. The van der Waals surface area contributed by atoms with E-state index < -0.39 is 12.1 Å². The van der Waals surface area contributed by atoms with Crippen LogP contribution in [-0.2, 0) is 10.2 Å². The van der Waals surface area contributed by atoms with E-state index in [-0.39, 0.29) is 34.1 Å². The van der Waals surface area contributed by atoms with Gasteiger partial charge in [-0.05, 0) is 61.8 Å². The van der Waals surface area contributed by atoms with Crippen molar-refractivity contribution in [2.24, 2.45) is 0 Å². The Bertz CT molecular complexity index is 1330. The molecule has 2 aromatic heterocycles. The molecule has 36 heavy (non-hydrogen) atoms. The fourth-order valence-corrected chi connectivity index (χ4v) is 6.17. The number of likely N-dealkylation sites (tertiary alicyclic amines) is 1. The molecule has 2 bridgehead atoms. The Labute approximate surface area is 205 Å². The van der Waals surface area contributed by atoms with Gasteiger partial charge in [0.05, 0.1) is 11.2 Å². The molecule has 1 amide bonds. The van der Waals surface area contributed by atoms with Crippen molar-refractivity contribution in [1.82, 2.24) is 19.9 Å². The summed E-state index contributed by atoms with van der Waals surface area (Å²) in [6.45, 7) is 1.01. The maximum atomic E-state index is 13.0. The van der Waals surface area contributed by atoms with Crippen LogP contribution in [0.15, 0.2) is 30.5 Å². The lowest BCUT2D eigenvalue weighted by Crippen LogP contribution is -2.70. The summed E-state index contributed by atoms with van der Waals surface area (Å²) in [5.41, 5.74) is 8.89. The van der Waals surface area contributed by atoms with Crippen LogP contribution in [0.3, 0.4) is 0 Å². The summed E-state index contributed by atoms with van der Waals surface area (Å²) in [6, 6.07) is 5.41. The average Bonchev–Trinajstić information content (AvgIpc) is 3.20. The molecular formula is C25H26F3N5O3. The third kappa shape index (κ3) is 3.68. The second kappa shape index (κ2) is 7.83. The van der Waals surface area contributed by atoms with Gasteiger partial charge in [-0.2, -0.15) is 0 Å². The molecule has 3 N–H and O–H groups in total. The highest BCUT2D eigenvalue weighted by Gasteiger charge is 2.70. The summed E-state index contributed by atoms with van der Waals surface area (Å²) in [5.74, 6) is 0.445. The van der Waals surface area contributed by atoms with Crippen LogP contribution >= 0.6 is 0 Å². The fourth-order valence-electron chi connectivity index (χ4n) is 6.17. The number of nitrogens with two attached hydrogens (primary N) is 1. The summed E-state index contributed by atoms with van der Waals surface area (Å²) >= 11 is 0. The number of H-pyrrole nitrogens is 1. The molecule has 8 nitrogen and oxygen atoms in total. The maximum Gasteiger partial charge on any atom is 0.573 e. The quantitative estimate of drug-likeness (QED) is 0.506. The minimum Gasteiger partial charge on any atom is -0.406 e. The number of halogens is 3. The van der Waals surface area contributed by atoms with Crippen LogP contribution in [0.2, 0.25) is 0 Å². The molecule has 3 heterocycles. The number of aromatic amines is 1. The maximum absolute atomic E-state index is 13.0. The van der Waals surface area contributed by atoms with Gasteiger partial charge in [0, 0.05) is 43.6 Å². The average molecular weight is 502 g/mol. The molecule has 7 rings (SSSR count). The van der Waals surface area contributed by atoms with Crippen molar-refractivity contribution >= 4 is 22.8 Å². The number of hydrogen-bond acceptors (Lipinski definition) is 6. The van der Waals surface area contributed by atoms with E-state index in [2.05, 4.69) is 14.7 Å². The molecule has 1 saturated heterocycles. The number of aromatic nitrogens is 3. The van der Waals surface area contributed by atoms with Crippen molar-refractivity contribution in [1.29, 1.82) is 0 Å². The van der Waals surface area contributed by atoms with Gasteiger partial charge in [-0.3, -0.25) is 4.79 Å². The normalized spacial score (nSPS) is 25.9. The van der Waals surface area contributed by atoms with Gasteiger partial charge in [-0.15, -0.1) is 13.2 Å². The highest BCUT2D eigenvalue weighted by Crippen LogP contribution is 2.68. The smallest absolute Gasteiger partial charge is 0.406 e. The van der Waals surface area contributed by atoms with Gasteiger partial charge in [0.25, 0.3) is 5.91 Å². The van der Waals surface area contributed by atoms with E-state index in [1.807, 2.05) is 6.07 Å². The van der Waals surface area contributed by atoms with Crippen LogP contribution in [0.4, 0.5) is 18.9 Å². The van der Waals surface area contributed by atoms with Gasteiger partial charge in [0.2, 0.25) is 0 Å². The number of nitrogens with zero attached hydrogens (tertiary/aromatic N) is 3. The Balaban J connectivity index is 1.14. The van der Waals surface area contributed by atoms with Gasteiger partial charge in [-0.25, -0.2) is 9.97 Å². The van der Waals surface area contributed by atoms with E-state index in [9.17, 15) is 18.0 Å². The molecule has 4 fully saturated rings. The molecule has 0 spiro atoms. The molecule has 0 atom stereocenters. The number of nitrogen functional groups attached to an aromatic ring is 1. The van der Waals surface area contributed by atoms with Crippen LogP contribution in [0, 0.1) is 0 Å². The van der Waals surface area contributed by atoms with Crippen molar-refractivity contribution in [2.75, 3.05) is 25.9 Å². The number of fused-ring (bicyclic) bond motifs is 1. The first kappa shape index (κ1) is 23.1.